The molecule has 0 amide bonds. The first-order valence-corrected chi connectivity index (χ1v) is 8.76. The number of anilines is 2. The molecule has 1 atom stereocenters. The van der Waals surface area contributed by atoms with Crippen molar-refractivity contribution in [3.63, 3.8) is 0 Å². The number of rotatable bonds is 4. The van der Waals surface area contributed by atoms with Gasteiger partial charge >= 0.3 is 6.18 Å². The quantitative estimate of drug-likeness (QED) is 0.544. The van der Waals surface area contributed by atoms with Crippen molar-refractivity contribution in [3.05, 3.63) is 38.7 Å². The van der Waals surface area contributed by atoms with Crippen molar-refractivity contribution in [2.24, 2.45) is 0 Å². The van der Waals surface area contributed by atoms with E-state index in [-0.39, 0.29) is 18.2 Å². The second-order valence-electron chi connectivity index (χ2n) is 6.69. The summed E-state index contributed by atoms with van der Waals surface area (Å²) in [5.74, 6) is 0.584. The van der Waals surface area contributed by atoms with E-state index in [0.717, 1.165) is 6.07 Å². The standard InChI is InChI=1S/C16H17ClF3N5O3/c1-23(2)15-21-14(28-22-15)9-4-3-5-24(8-9)12-7-11(17)10(16(18,19)20)6-13(12)25(26)27/h6-7,9H,3-5,8H2,1-2H3. The zero-order chi connectivity index (χ0) is 20.6. The summed E-state index contributed by atoms with van der Waals surface area (Å²) < 4.78 is 44.5. The SMILES string of the molecule is CN(C)c1noc(C2CCCN(c3cc(Cl)c(C(F)(F)F)cc3[N+](=O)[O-])C2)n1. The lowest BCUT2D eigenvalue weighted by Gasteiger charge is -2.32. The minimum absolute atomic E-state index is 0.0417. The van der Waals surface area contributed by atoms with Gasteiger partial charge in [0, 0.05) is 33.3 Å². The second-order valence-corrected chi connectivity index (χ2v) is 7.10. The van der Waals surface area contributed by atoms with Crippen molar-refractivity contribution >= 4 is 28.9 Å². The lowest BCUT2D eigenvalue weighted by Crippen LogP contribution is -2.35. The fourth-order valence-electron chi connectivity index (χ4n) is 3.14. The number of halogens is 4. The zero-order valence-electron chi connectivity index (χ0n) is 15.0. The Morgan fingerprint density at radius 1 is 1.39 bits per heavy atom. The Morgan fingerprint density at radius 3 is 2.68 bits per heavy atom. The van der Waals surface area contributed by atoms with E-state index >= 15 is 0 Å². The monoisotopic (exact) mass is 419 g/mol. The summed E-state index contributed by atoms with van der Waals surface area (Å²) in [4.78, 5) is 18.2. The van der Waals surface area contributed by atoms with Gasteiger partial charge in [-0.3, -0.25) is 10.1 Å². The number of hydrogen-bond acceptors (Lipinski definition) is 7. The summed E-state index contributed by atoms with van der Waals surface area (Å²) in [6.45, 7) is 0.727. The number of benzene rings is 1. The van der Waals surface area contributed by atoms with E-state index < -0.39 is 27.4 Å². The molecule has 1 aliphatic rings. The molecule has 0 N–H and O–H groups in total. The molecule has 1 aromatic heterocycles. The van der Waals surface area contributed by atoms with Crippen LogP contribution in [0.2, 0.25) is 5.02 Å². The fourth-order valence-corrected chi connectivity index (χ4v) is 3.41. The molecule has 0 radical (unpaired) electrons. The third kappa shape index (κ3) is 3.98. The molecule has 0 spiro atoms. The van der Waals surface area contributed by atoms with Crippen LogP contribution in [0.15, 0.2) is 16.7 Å². The molecule has 1 aliphatic heterocycles. The first-order chi connectivity index (χ1) is 13.1. The Balaban J connectivity index is 1.93. The molecule has 2 heterocycles. The topological polar surface area (TPSA) is 88.5 Å². The van der Waals surface area contributed by atoms with Gasteiger partial charge in [0.1, 0.15) is 5.69 Å². The largest absolute Gasteiger partial charge is 0.418 e. The number of alkyl halides is 3. The summed E-state index contributed by atoms with van der Waals surface area (Å²) in [5.41, 5.74) is -1.83. The summed E-state index contributed by atoms with van der Waals surface area (Å²) in [5, 5.41) is 14.7. The lowest BCUT2D eigenvalue weighted by atomic mass is 9.97. The lowest BCUT2D eigenvalue weighted by molar-refractivity contribution is -0.384. The Bertz CT molecular complexity index is 887. The number of aromatic nitrogens is 2. The van der Waals surface area contributed by atoms with Crippen LogP contribution in [-0.2, 0) is 6.18 Å². The summed E-state index contributed by atoms with van der Waals surface area (Å²) >= 11 is 5.79. The van der Waals surface area contributed by atoms with Crippen molar-refractivity contribution < 1.29 is 22.6 Å². The third-order valence-electron chi connectivity index (χ3n) is 4.51. The first kappa shape index (κ1) is 20.2. The van der Waals surface area contributed by atoms with E-state index in [1.54, 1.807) is 23.9 Å². The molecule has 0 saturated carbocycles. The molecular weight excluding hydrogens is 403 g/mol. The number of piperidine rings is 1. The predicted octanol–water partition coefficient (Wildman–Crippen LogP) is 4.10. The average Bonchev–Trinajstić information content (AvgIpc) is 3.10. The molecular formula is C16H17ClF3N5O3. The summed E-state index contributed by atoms with van der Waals surface area (Å²) in [6, 6.07) is 1.49. The highest BCUT2D eigenvalue weighted by molar-refractivity contribution is 6.31. The van der Waals surface area contributed by atoms with Crippen molar-refractivity contribution in [3.8, 4) is 0 Å². The third-order valence-corrected chi connectivity index (χ3v) is 4.82. The van der Waals surface area contributed by atoms with Gasteiger partial charge in [-0.1, -0.05) is 11.6 Å². The maximum atomic E-state index is 13.1. The fraction of sp³-hybridized carbons (Fsp3) is 0.500. The van der Waals surface area contributed by atoms with E-state index in [1.165, 1.54) is 0 Å². The molecule has 1 aromatic carbocycles. The van der Waals surface area contributed by atoms with E-state index in [4.69, 9.17) is 16.1 Å². The van der Waals surface area contributed by atoms with Crippen molar-refractivity contribution in [1.29, 1.82) is 0 Å². The normalized spacial score (nSPS) is 17.6. The van der Waals surface area contributed by atoms with Gasteiger partial charge in [0.15, 0.2) is 0 Å². The van der Waals surface area contributed by atoms with E-state index in [0.29, 0.717) is 37.3 Å². The van der Waals surface area contributed by atoms with Crippen LogP contribution in [0.5, 0.6) is 0 Å². The van der Waals surface area contributed by atoms with Crippen molar-refractivity contribution in [1.82, 2.24) is 10.1 Å². The minimum Gasteiger partial charge on any atom is -0.365 e. The Hall–Kier alpha value is -2.56. The van der Waals surface area contributed by atoms with Gasteiger partial charge in [-0.25, -0.2) is 0 Å². The molecule has 1 saturated heterocycles. The molecule has 12 heteroatoms. The van der Waals surface area contributed by atoms with Gasteiger partial charge in [0.25, 0.3) is 11.6 Å². The van der Waals surface area contributed by atoms with Crippen LogP contribution in [0.25, 0.3) is 0 Å². The number of nitro benzene ring substituents is 1. The summed E-state index contributed by atoms with van der Waals surface area (Å²) in [6.07, 6.45) is -3.41. The van der Waals surface area contributed by atoms with Crippen LogP contribution in [0.4, 0.5) is 30.5 Å². The molecule has 152 valence electrons. The van der Waals surface area contributed by atoms with E-state index in [9.17, 15) is 23.3 Å². The van der Waals surface area contributed by atoms with Gasteiger partial charge in [0.05, 0.1) is 21.4 Å². The highest BCUT2D eigenvalue weighted by atomic mass is 35.5. The first-order valence-electron chi connectivity index (χ1n) is 8.39. The molecule has 28 heavy (non-hydrogen) atoms. The zero-order valence-corrected chi connectivity index (χ0v) is 15.8. The van der Waals surface area contributed by atoms with Crippen LogP contribution < -0.4 is 9.80 Å². The molecule has 1 fully saturated rings. The minimum atomic E-state index is -4.78. The van der Waals surface area contributed by atoms with Gasteiger partial charge in [-0.05, 0) is 24.1 Å². The Labute approximate surface area is 163 Å². The van der Waals surface area contributed by atoms with Crippen molar-refractivity contribution in [2.75, 3.05) is 37.0 Å². The second kappa shape index (κ2) is 7.46. The van der Waals surface area contributed by atoms with E-state index in [2.05, 4.69) is 10.1 Å². The van der Waals surface area contributed by atoms with Crippen LogP contribution in [0.1, 0.15) is 30.2 Å². The average molecular weight is 420 g/mol. The van der Waals surface area contributed by atoms with Crippen LogP contribution in [0.3, 0.4) is 0 Å². The van der Waals surface area contributed by atoms with Crippen LogP contribution in [-0.4, -0.2) is 42.2 Å². The molecule has 3 rings (SSSR count). The molecule has 0 bridgehead atoms. The smallest absolute Gasteiger partial charge is 0.365 e. The van der Waals surface area contributed by atoms with Crippen molar-refractivity contribution in [2.45, 2.75) is 24.9 Å². The van der Waals surface area contributed by atoms with Gasteiger partial charge < -0.3 is 14.3 Å². The van der Waals surface area contributed by atoms with Gasteiger partial charge in [-0.2, -0.15) is 18.2 Å². The Morgan fingerprint density at radius 2 is 2.11 bits per heavy atom. The van der Waals surface area contributed by atoms with Gasteiger partial charge in [0.2, 0.25) is 5.89 Å². The van der Waals surface area contributed by atoms with E-state index in [1.807, 2.05) is 0 Å². The Kier molecular flexibility index (Phi) is 5.37. The maximum absolute atomic E-state index is 13.1. The number of nitro groups is 1. The van der Waals surface area contributed by atoms with Crippen LogP contribution in [0, 0.1) is 10.1 Å². The highest BCUT2D eigenvalue weighted by Gasteiger charge is 2.37. The highest BCUT2D eigenvalue weighted by Crippen LogP contribution is 2.42. The molecule has 0 aliphatic carbocycles. The summed E-state index contributed by atoms with van der Waals surface area (Å²) in [7, 11) is 3.52. The van der Waals surface area contributed by atoms with Crippen LogP contribution >= 0.6 is 11.6 Å². The maximum Gasteiger partial charge on any atom is 0.418 e. The van der Waals surface area contributed by atoms with Gasteiger partial charge in [-0.15, -0.1) is 0 Å². The molecule has 8 nitrogen and oxygen atoms in total. The molecule has 1 unspecified atom stereocenters. The predicted molar refractivity (Wildman–Crippen MR) is 95.9 cm³/mol. The number of nitrogens with zero attached hydrogens (tertiary/aromatic N) is 5. The molecule has 2 aromatic rings. The number of hydrogen-bond donors (Lipinski definition) is 0.